The van der Waals surface area contributed by atoms with Gasteiger partial charge in [0.2, 0.25) is 0 Å². The first kappa shape index (κ1) is 15.5. The van der Waals surface area contributed by atoms with Gasteiger partial charge in [-0.2, -0.15) is 5.10 Å². The number of anilines is 1. The van der Waals surface area contributed by atoms with Gasteiger partial charge in [-0.05, 0) is 54.7 Å². The number of aromatic nitrogens is 2. The highest BCUT2D eigenvalue weighted by Gasteiger charge is 2.22. The number of nitrogens with one attached hydrogen (secondary N) is 1. The Morgan fingerprint density at radius 1 is 1.55 bits per heavy atom. The van der Waals surface area contributed by atoms with E-state index >= 15 is 0 Å². The third kappa shape index (κ3) is 3.41. The summed E-state index contributed by atoms with van der Waals surface area (Å²) < 4.78 is 2.17. The molecule has 0 saturated carbocycles. The minimum atomic E-state index is -0.0277. The maximum atomic E-state index is 12.2. The van der Waals surface area contributed by atoms with Crippen molar-refractivity contribution in [3.63, 3.8) is 0 Å². The van der Waals surface area contributed by atoms with Gasteiger partial charge in [-0.3, -0.25) is 4.79 Å². The molecular weight excluding hydrogens is 320 g/mol. The number of halogens is 1. The van der Waals surface area contributed by atoms with Crippen molar-refractivity contribution >= 4 is 21.6 Å². The molecule has 0 bridgehead atoms. The lowest BCUT2D eigenvalue weighted by Crippen LogP contribution is -2.40. The molecule has 1 aliphatic heterocycles. The SMILES string of the molecule is CCCn1ncc(N2CCCC(CNC)C2)c(Br)c1=O. The molecule has 0 radical (unpaired) electrons. The highest BCUT2D eigenvalue weighted by molar-refractivity contribution is 9.10. The first-order valence-electron chi connectivity index (χ1n) is 7.32. The summed E-state index contributed by atoms with van der Waals surface area (Å²) in [4.78, 5) is 14.5. The van der Waals surface area contributed by atoms with Crippen LogP contribution in [-0.2, 0) is 6.54 Å². The molecule has 1 saturated heterocycles. The lowest BCUT2D eigenvalue weighted by Gasteiger charge is -2.34. The van der Waals surface area contributed by atoms with Gasteiger partial charge in [-0.25, -0.2) is 4.68 Å². The Morgan fingerprint density at radius 3 is 3.05 bits per heavy atom. The Kier molecular flexibility index (Phi) is 5.60. The van der Waals surface area contributed by atoms with Crippen molar-refractivity contribution in [2.24, 2.45) is 5.92 Å². The Morgan fingerprint density at radius 2 is 2.35 bits per heavy atom. The first-order chi connectivity index (χ1) is 9.67. The molecule has 5 nitrogen and oxygen atoms in total. The van der Waals surface area contributed by atoms with Crippen LogP contribution in [-0.4, -0.2) is 36.5 Å². The fourth-order valence-electron chi connectivity index (χ4n) is 2.79. The number of hydrogen-bond acceptors (Lipinski definition) is 4. The summed E-state index contributed by atoms with van der Waals surface area (Å²) in [5.74, 6) is 0.638. The van der Waals surface area contributed by atoms with Crippen LogP contribution in [0.15, 0.2) is 15.5 Å². The summed E-state index contributed by atoms with van der Waals surface area (Å²) >= 11 is 3.46. The van der Waals surface area contributed by atoms with Crippen molar-refractivity contribution in [3.05, 3.63) is 21.0 Å². The molecule has 1 atom stereocenters. The lowest BCUT2D eigenvalue weighted by atomic mass is 9.98. The molecule has 1 aromatic rings. The summed E-state index contributed by atoms with van der Waals surface area (Å²) in [6, 6.07) is 0. The van der Waals surface area contributed by atoms with E-state index in [2.05, 4.69) is 31.2 Å². The normalized spacial score (nSPS) is 19.4. The quantitative estimate of drug-likeness (QED) is 0.887. The number of nitrogens with zero attached hydrogens (tertiary/aromatic N) is 3. The van der Waals surface area contributed by atoms with Crippen molar-refractivity contribution in [1.29, 1.82) is 0 Å². The van der Waals surface area contributed by atoms with Gasteiger partial charge < -0.3 is 10.2 Å². The van der Waals surface area contributed by atoms with Crippen LogP contribution < -0.4 is 15.8 Å². The van der Waals surface area contributed by atoms with E-state index in [9.17, 15) is 4.79 Å². The molecular formula is C14H23BrN4O. The molecule has 6 heteroatoms. The number of aryl methyl sites for hydroxylation is 1. The lowest BCUT2D eigenvalue weighted by molar-refractivity contribution is 0.401. The van der Waals surface area contributed by atoms with E-state index in [0.29, 0.717) is 16.9 Å². The van der Waals surface area contributed by atoms with Crippen LogP contribution in [0.3, 0.4) is 0 Å². The van der Waals surface area contributed by atoms with E-state index in [1.54, 1.807) is 0 Å². The number of hydrogen-bond donors (Lipinski definition) is 1. The average molecular weight is 343 g/mol. The van der Waals surface area contributed by atoms with Gasteiger partial charge in [-0.15, -0.1) is 0 Å². The van der Waals surface area contributed by atoms with E-state index in [4.69, 9.17) is 0 Å². The fourth-order valence-corrected chi connectivity index (χ4v) is 3.34. The van der Waals surface area contributed by atoms with Crippen molar-refractivity contribution in [3.8, 4) is 0 Å². The maximum absolute atomic E-state index is 12.2. The van der Waals surface area contributed by atoms with E-state index in [1.165, 1.54) is 11.1 Å². The van der Waals surface area contributed by atoms with Crippen LogP contribution in [0.25, 0.3) is 0 Å². The Hall–Kier alpha value is -0.880. The fraction of sp³-hybridized carbons (Fsp3) is 0.714. The molecule has 0 aliphatic carbocycles. The summed E-state index contributed by atoms with van der Waals surface area (Å²) in [6.45, 7) is 5.72. The molecule has 1 aliphatic rings. The molecule has 20 heavy (non-hydrogen) atoms. The molecule has 1 N–H and O–H groups in total. The summed E-state index contributed by atoms with van der Waals surface area (Å²) in [7, 11) is 1.99. The third-order valence-corrected chi connectivity index (χ3v) is 4.50. The zero-order valence-electron chi connectivity index (χ0n) is 12.2. The molecule has 0 aromatic carbocycles. The Bertz CT molecular complexity index is 500. The molecule has 2 heterocycles. The van der Waals surface area contributed by atoms with Gasteiger partial charge >= 0.3 is 0 Å². The average Bonchev–Trinajstić information content (AvgIpc) is 2.45. The predicted octanol–water partition coefficient (Wildman–Crippen LogP) is 1.85. The van der Waals surface area contributed by atoms with E-state index < -0.39 is 0 Å². The monoisotopic (exact) mass is 342 g/mol. The second-order valence-corrected chi connectivity index (χ2v) is 6.18. The Labute approximate surface area is 128 Å². The second-order valence-electron chi connectivity index (χ2n) is 5.38. The van der Waals surface area contributed by atoms with E-state index in [0.717, 1.165) is 38.2 Å². The summed E-state index contributed by atoms with van der Waals surface area (Å²) in [5, 5.41) is 7.53. The standard InChI is InChI=1S/C14H23BrN4O/c1-3-6-19-14(20)13(15)12(9-17-19)18-7-4-5-11(10-18)8-16-2/h9,11,16H,3-8,10H2,1-2H3. The van der Waals surface area contributed by atoms with Crippen molar-refractivity contribution < 1.29 is 0 Å². The Balaban J connectivity index is 2.20. The smallest absolute Gasteiger partial charge is 0.283 e. The van der Waals surface area contributed by atoms with Crippen LogP contribution >= 0.6 is 15.9 Å². The van der Waals surface area contributed by atoms with Crippen LogP contribution in [0.5, 0.6) is 0 Å². The molecule has 1 aromatic heterocycles. The van der Waals surface area contributed by atoms with Crippen LogP contribution in [0.1, 0.15) is 26.2 Å². The molecule has 112 valence electrons. The largest absolute Gasteiger partial charge is 0.369 e. The molecule has 1 fully saturated rings. The van der Waals surface area contributed by atoms with E-state index in [1.807, 2.05) is 20.2 Å². The maximum Gasteiger partial charge on any atom is 0.283 e. The van der Waals surface area contributed by atoms with Crippen molar-refractivity contribution in [2.45, 2.75) is 32.7 Å². The third-order valence-electron chi connectivity index (χ3n) is 3.75. The first-order valence-corrected chi connectivity index (χ1v) is 8.11. The zero-order chi connectivity index (χ0) is 14.5. The van der Waals surface area contributed by atoms with Gasteiger partial charge in [0.15, 0.2) is 0 Å². The minimum absolute atomic E-state index is 0.0277. The topological polar surface area (TPSA) is 50.2 Å². The number of rotatable bonds is 5. The second kappa shape index (κ2) is 7.22. The highest BCUT2D eigenvalue weighted by Crippen LogP contribution is 2.26. The molecule has 0 amide bonds. The van der Waals surface area contributed by atoms with Gasteiger partial charge in [0, 0.05) is 19.6 Å². The predicted molar refractivity (Wildman–Crippen MR) is 85.4 cm³/mol. The van der Waals surface area contributed by atoms with Gasteiger partial charge in [0.05, 0.1) is 11.9 Å². The van der Waals surface area contributed by atoms with Crippen LogP contribution in [0.4, 0.5) is 5.69 Å². The van der Waals surface area contributed by atoms with Crippen LogP contribution in [0, 0.1) is 5.92 Å². The molecule has 2 rings (SSSR count). The number of piperidine rings is 1. The summed E-state index contributed by atoms with van der Waals surface area (Å²) in [5.41, 5.74) is 0.906. The van der Waals surface area contributed by atoms with Gasteiger partial charge in [0.1, 0.15) is 4.47 Å². The molecule has 0 spiro atoms. The highest BCUT2D eigenvalue weighted by atomic mass is 79.9. The minimum Gasteiger partial charge on any atom is -0.369 e. The molecule has 1 unspecified atom stereocenters. The van der Waals surface area contributed by atoms with Crippen LogP contribution in [0.2, 0.25) is 0 Å². The summed E-state index contributed by atoms with van der Waals surface area (Å²) in [6.07, 6.45) is 5.14. The zero-order valence-corrected chi connectivity index (χ0v) is 13.8. The van der Waals surface area contributed by atoms with E-state index in [-0.39, 0.29) is 5.56 Å². The van der Waals surface area contributed by atoms with Crippen molar-refractivity contribution in [2.75, 3.05) is 31.6 Å². The van der Waals surface area contributed by atoms with Gasteiger partial charge in [0.25, 0.3) is 5.56 Å². The van der Waals surface area contributed by atoms with Crippen molar-refractivity contribution in [1.82, 2.24) is 15.1 Å². The van der Waals surface area contributed by atoms with Gasteiger partial charge in [-0.1, -0.05) is 6.92 Å².